The number of nitrogens with one attached hydrogen (secondary N) is 2. The van der Waals surface area contributed by atoms with E-state index in [9.17, 15) is 9.59 Å². The first kappa shape index (κ1) is 20.5. The van der Waals surface area contributed by atoms with Gasteiger partial charge in [0.05, 0.1) is 0 Å². The SMILES string of the molecule is CCCNC(=O)C1(NC(=O)c2ccc(CN)cc2)CCCCC1.Cl. The Morgan fingerprint density at radius 1 is 1.12 bits per heavy atom. The van der Waals surface area contributed by atoms with Gasteiger partial charge in [0, 0.05) is 18.7 Å². The largest absolute Gasteiger partial charge is 0.354 e. The van der Waals surface area contributed by atoms with E-state index >= 15 is 0 Å². The second-order valence-electron chi connectivity index (χ2n) is 6.25. The highest BCUT2D eigenvalue weighted by atomic mass is 35.5. The maximum atomic E-state index is 12.6. The molecule has 0 radical (unpaired) electrons. The molecule has 0 bridgehead atoms. The van der Waals surface area contributed by atoms with Crippen LogP contribution >= 0.6 is 12.4 Å². The molecule has 0 aromatic heterocycles. The summed E-state index contributed by atoms with van der Waals surface area (Å²) in [5.74, 6) is -0.243. The van der Waals surface area contributed by atoms with E-state index in [-0.39, 0.29) is 24.2 Å². The van der Waals surface area contributed by atoms with Crippen LogP contribution in [0.15, 0.2) is 24.3 Å². The molecule has 2 amide bonds. The molecule has 6 heteroatoms. The summed E-state index contributed by atoms with van der Waals surface area (Å²) in [6.07, 6.45) is 5.34. The van der Waals surface area contributed by atoms with E-state index in [2.05, 4.69) is 10.6 Å². The highest BCUT2D eigenvalue weighted by Gasteiger charge is 2.40. The Balaban J connectivity index is 0.00000288. The minimum Gasteiger partial charge on any atom is -0.354 e. The first-order valence-corrected chi connectivity index (χ1v) is 8.51. The molecule has 1 fully saturated rings. The highest BCUT2D eigenvalue weighted by molar-refractivity contribution is 5.99. The summed E-state index contributed by atoms with van der Waals surface area (Å²) in [6.45, 7) is 3.11. The minimum atomic E-state index is -0.767. The third kappa shape index (κ3) is 4.95. The normalized spacial score (nSPS) is 15.9. The number of carbonyl (C=O) groups excluding carboxylic acids is 2. The smallest absolute Gasteiger partial charge is 0.252 e. The number of nitrogens with two attached hydrogens (primary N) is 1. The van der Waals surface area contributed by atoms with Gasteiger partial charge in [-0.15, -0.1) is 12.4 Å². The Kier molecular flexibility index (Phi) is 8.22. The molecule has 1 saturated carbocycles. The molecule has 0 unspecified atom stereocenters. The molecule has 0 atom stereocenters. The van der Waals surface area contributed by atoms with Crippen molar-refractivity contribution in [1.82, 2.24) is 10.6 Å². The summed E-state index contributed by atoms with van der Waals surface area (Å²) >= 11 is 0. The lowest BCUT2D eigenvalue weighted by Gasteiger charge is -2.36. The number of hydrogen-bond donors (Lipinski definition) is 3. The molecule has 2 rings (SSSR count). The third-order valence-electron chi connectivity index (χ3n) is 4.48. The summed E-state index contributed by atoms with van der Waals surface area (Å²) in [5.41, 5.74) is 6.36. The summed E-state index contributed by atoms with van der Waals surface area (Å²) < 4.78 is 0. The topological polar surface area (TPSA) is 84.2 Å². The average Bonchev–Trinajstić information content (AvgIpc) is 2.60. The van der Waals surface area contributed by atoms with Gasteiger partial charge in [-0.1, -0.05) is 38.3 Å². The number of amides is 2. The van der Waals surface area contributed by atoms with Gasteiger partial charge in [0.2, 0.25) is 5.91 Å². The van der Waals surface area contributed by atoms with Crippen LogP contribution in [0.2, 0.25) is 0 Å². The molecule has 24 heavy (non-hydrogen) atoms. The minimum absolute atomic E-state index is 0. The van der Waals surface area contributed by atoms with Gasteiger partial charge in [-0.2, -0.15) is 0 Å². The molecular weight excluding hydrogens is 326 g/mol. The molecule has 0 heterocycles. The van der Waals surface area contributed by atoms with E-state index in [4.69, 9.17) is 5.73 Å². The fourth-order valence-corrected chi connectivity index (χ4v) is 3.05. The number of halogens is 1. The molecule has 1 aliphatic carbocycles. The van der Waals surface area contributed by atoms with Crippen LogP contribution in [0.4, 0.5) is 0 Å². The average molecular weight is 354 g/mol. The van der Waals surface area contributed by atoms with E-state index in [1.165, 1.54) is 0 Å². The quantitative estimate of drug-likeness (QED) is 0.734. The predicted octanol–water partition coefficient (Wildman–Crippen LogP) is 2.53. The molecule has 0 aliphatic heterocycles. The van der Waals surface area contributed by atoms with Gasteiger partial charge >= 0.3 is 0 Å². The van der Waals surface area contributed by atoms with Crippen molar-refractivity contribution in [2.45, 2.75) is 57.5 Å². The van der Waals surface area contributed by atoms with E-state index in [0.29, 0.717) is 31.5 Å². The second-order valence-corrected chi connectivity index (χ2v) is 6.25. The maximum absolute atomic E-state index is 12.6. The van der Waals surface area contributed by atoms with Crippen LogP contribution in [0.25, 0.3) is 0 Å². The zero-order valence-corrected chi connectivity index (χ0v) is 15.1. The number of carbonyl (C=O) groups is 2. The van der Waals surface area contributed by atoms with Crippen LogP contribution in [0, 0.1) is 0 Å². The lowest BCUT2D eigenvalue weighted by Crippen LogP contribution is -2.59. The van der Waals surface area contributed by atoms with Gasteiger partial charge in [0.15, 0.2) is 0 Å². The van der Waals surface area contributed by atoms with E-state index in [1.807, 2.05) is 19.1 Å². The Morgan fingerprint density at radius 2 is 1.75 bits per heavy atom. The lowest BCUT2D eigenvalue weighted by atomic mass is 9.80. The molecule has 1 aromatic rings. The maximum Gasteiger partial charge on any atom is 0.252 e. The van der Waals surface area contributed by atoms with E-state index < -0.39 is 5.54 Å². The molecular formula is C18H28ClN3O2. The van der Waals surface area contributed by atoms with Crippen molar-refractivity contribution in [3.05, 3.63) is 35.4 Å². The van der Waals surface area contributed by atoms with Crippen LogP contribution < -0.4 is 16.4 Å². The van der Waals surface area contributed by atoms with Crippen molar-refractivity contribution in [3.8, 4) is 0 Å². The first-order chi connectivity index (χ1) is 11.1. The molecule has 1 aliphatic rings. The van der Waals surface area contributed by atoms with Gasteiger partial charge in [-0.05, 0) is 37.0 Å². The fourth-order valence-electron chi connectivity index (χ4n) is 3.05. The monoisotopic (exact) mass is 353 g/mol. The van der Waals surface area contributed by atoms with Crippen molar-refractivity contribution in [3.63, 3.8) is 0 Å². The van der Waals surface area contributed by atoms with Crippen LogP contribution in [-0.4, -0.2) is 23.9 Å². The van der Waals surface area contributed by atoms with Gasteiger partial charge < -0.3 is 16.4 Å². The summed E-state index contributed by atoms with van der Waals surface area (Å²) in [5, 5.41) is 5.96. The molecule has 0 spiro atoms. The lowest BCUT2D eigenvalue weighted by molar-refractivity contribution is -0.128. The molecule has 0 saturated heterocycles. The summed E-state index contributed by atoms with van der Waals surface area (Å²) in [6, 6.07) is 7.22. The van der Waals surface area contributed by atoms with Crippen molar-refractivity contribution in [2.75, 3.05) is 6.54 Å². The molecule has 5 nitrogen and oxygen atoms in total. The van der Waals surface area contributed by atoms with Crippen molar-refractivity contribution in [1.29, 1.82) is 0 Å². The highest BCUT2D eigenvalue weighted by Crippen LogP contribution is 2.29. The Morgan fingerprint density at radius 3 is 2.29 bits per heavy atom. The van der Waals surface area contributed by atoms with Crippen LogP contribution in [0.1, 0.15) is 61.4 Å². The number of benzene rings is 1. The van der Waals surface area contributed by atoms with Crippen LogP contribution in [0.3, 0.4) is 0 Å². The van der Waals surface area contributed by atoms with Crippen molar-refractivity contribution in [2.24, 2.45) is 5.73 Å². The van der Waals surface area contributed by atoms with Gasteiger partial charge in [-0.25, -0.2) is 0 Å². The van der Waals surface area contributed by atoms with Crippen LogP contribution in [0.5, 0.6) is 0 Å². The molecule has 134 valence electrons. The fraction of sp³-hybridized carbons (Fsp3) is 0.556. The Hall–Kier alpha value is -1.59. The summed E-state index contributed by atoms with van der Waals surface area (Å²) in [7, 11) is 0. The van der Waals surface area contributed by atoms with Gasteiger partial charge in [0.1, 0.15) is 5.54 Å². The molecule has 4 N–H and O–H groups in total. The van der Waals surface area contributed by atoms with Gasteiger partial charge in [-0.3, -0.25) is 9.59 Å². The van der Waals surface area contributed by atoms with Crippen LogP contribution in [-0.2, 0) is 11.3 Å². The first-order valence-electron chi connectivity index (χ1n) is 8.51. The Bertz CT molecular complexity index is 540. The zero-order chi connectivity index (χ0) is 16.7. The second kappa shape index (κ2) is 9.64. The number of hydrogen-bond acceptors (Lipinski definition) is 3. The predicted molar refractivity (Wildman–Crippen MR) is 98.2 cm³/mol. The van der Waals surface area contributed by atoms with Gasteiger partial charge in [0.25, 0.3) is 5.91 Å². The number of rotatable bonds is 6. The van der Waals surface area contributed by atoms with Crippen molar-refractivity contribution < 1.29 is 9.59 Å². The van der Waals surface area contributed by atoms with Crippen molar-refractivity contribution >= 4 is 24.2 Å². The third-order valence-corrected chi connectivity index (χ3v) is 4.48. The Labute approximate surface area is 150 Å². The van der Waals surface area contributed by atoms with E-state index in [0.717, 1.165) is 31.2 Å². The zero-order valence-electron chi connectivity index (χ0n) is 14.3. The standard InChI is InChI=1S/C18H27N3O2.ClH/c1-2-12-20-17(23)18(10-4-3-5-11-18)21-16(22)15-8-6-14(13-19)7-9-15;/h6-9H,2-5,10-13,19H2,1H3,(H,20,23)(H,21,22);1H. The summed E-state index contributed by atoms with van der Waals surface area (Å²) in [4.78, 5) is 25.2. The molecule has 1 aromatic carbocycles. The van der Waals surface area contributed by atoms with E-state index in [1.54, 1.807) is 12.1 Å².